The molecule has 0 aromatic heterocycles. The van der Waals surface area contributed by atoms with Gasteiger partial charge in [0.25, 0.3) is 0 Å². The van der Waals surface area contributed by atoms with Crippen LogP contribution in [0.2, 0.25) is 0 Å². The summed E-state index contributed by atoms with van der Waals surface area (Å²) in [7, 11) is 8.24. The number of hydrogen-bond donors (Lipinski definition) is 0. The van der Waals surface area contributed by atoms with Gasteiger partial charge in [0, 0.05) is 13.1 Å². The van der Waals surface area contributed by atoms with Crippen LogP contribution in [0.4, 0.5) is 0 Å². The lowest BCUT2D eigenvalue weighted by Crippen LogP contribution is -2.13. The molecule has 0 bridgehead atoms. The topological polar surface area (TPSA) is 55.9 Å². The fourth-order valence-electron chi connectivity index (χ4n) is 1.27. The summed E-state index contributed by atoms with van der Waals surface area (Å²) in [5.74, 6) is 0. The minimum atomic E-state index is 0.775. The Kier molecular flexibility index (Phi) is 20.5. The zero-order chi connectivity index (χ0) is 17.1. The maximum absolute atomic E-state index is 3.99. The second-order valence-electron chi connectivity index (χ2n) is 5.23. The maximum atomic E-state index is 3.99. The SMILES string of the molecule is CCN=C=NCCCN(C)C.CCN=C=NCCCN(C)C. The molecule has 0 aliphatic heterocycles. The fourth-order valence-corrected chi connectivity index (χ4v) is 1.27. The minimum absolute atomic E-state index is 0.775. The van der Waals surface area contributed by atoms with E-state index in [1.807, 2.05) is 13.8 Å². The monoisotopic (exact) mass is 310 g/mol. The standard InChI is InChI=1S/2C8H17N3/c2*1-4-9-8-10-6-5-7-11(2)3/h2*4-7H2,1-3H3. The third-order valence-corrected chi connectivity index (χ3v) is 2.35. The highest BCUT2D eigenvalue weighted by atomic mass is 15.1. The molecule has 0 heterocycles. The molecule has 0 spiro atoms. The maximum Gasteiger partial charge on any atom is 0.0892 e. The van der Waals surface area contributed by atoms with Crippen LogP contribution in [0.5, 0.6) is 0 Å². The van der Waals surface area contributed by atoms with Crippen LogP contribution in [0.15, 0.2) is 20.0 Å². The van der Waals surface area contributed by atoms with Gasteiger partial charge >= 0.3 is 0 Å². The highest BCUT2D eigenvalue weighted by Gasteiger charge is 1.87. The van der Waals surface area contributed by atoms with E-state index in [4.69, 9.17) is 0 Å². The van der Waals surface area contributed by atoms with Crippen molar-refractivity contribution in [1.82, 2.24) is 9.80 Å². The lowest BCUT2D eigenvalue weighted by Gasteiger charge is -2.05. The predicted molar refractivity (Wildman–Crippen MR) is 96.9 cm³/mol. The Morgan fingerprint density at radius 2 is 1.00 bits per heavy atom. The van der Waals surface area contributed by atoms with Gasteiger partial charge in [0.2, 0.25) is 0 Å². The van der Waals surface area contributed by atoms with Crippen molar-refractivity contribution in [3.8, 4) is 0 Å². The molecular formula is C16H34N6. The Morgan fingerprint density at radius 3 is 1.27 bits per heavy atom. The van der Waals surface area contributed by atoms with Crippen molar-refractivity contribution in [2.45, 2.75) is 26.7 Å². The summed E-state index contributed by atoms with van der Waals surface area (Å²) in [6.07, 6.45) is 2.17. The first kappa shape index (κ1) is 23.0. The molecule has 0 unspecified atom stereocenters. The van der Waals surface area contributed by atoms with Gasteiger partial charge in [-0.1, -0.05) is 0 Å². The third-order valence-electron chi connectivity index (χ3n) is 2.35. The molecule has 0 rings (SSSR count). The summed E-state index contributed by atoms with van der Waals surface area (Å²) in [5.41, 5.74) is 0. The van der Waals surface area contributed by atoms with Gasteiger partial charge in [-0.15, -0.1) is 0 Å². The van der Waals surface area contributed by atoms with E-state index in [1.54, 1.807) is 0 Å². The van der Waals surface area contributed by atoms with Gasteiger partial charge in [-0.25, -0.2) is 20.0 Å². The summed E-state index contributed by atoms with van der Waals surface area (Å²) in [6.45, 7) is 9.33. The molecule has 0 saturated carbocycles. The largest absolute Gasteiger partial charge is 0.309 e. The van der Waals surface area contributed by atoms with Crippen molar-refractivity contribution >= 4 is 12.0 Å². The fraction of sp³-hybridized carbons (Fsp3) is 0.875. The van der Waals surface area contributed by atoms with Crippen LogP contribution in [0.1, 0.15) is 26.7 Å². The summed E-state index contributed by atoms with van der Waals surface area (Å²) in [6, 6.07) is 5.28. The summed E-state index contributed by atoms with van der Waals surface area (Å²) < 4.78 is 0. The van der Waals surface area contributed by atoms with Crippen LogP contribution in [-0.2, 0) is 0 Å². The Labute approximate surface area is 136 Å². The normalized spacial score (nSPS) is 9.45. The molecule has 6 heteroatoms. The number of aliphatic imine (C=N–C) groups is 4. The Hall–Kier alpha value is -1.32. The number of hydrogen-bond acceptors (Lipinski definition) is 6. The third kappa shape index (κ3) is 27.1. The lowest BCUT2D eigenvalue weighted by atomic mass is 10.4. The van der Waals surface area contributed by atoms with E-state index >= 15 is 0 Å². The zero-order valence-corrected chi connectivity index (χ0v) is 15.3. The van der Waals surface area contributed by atoms with E-state index in [1.165, 1.54) is 0 Å². The minimum Gasteiger partial charge on any atom is -0.309 e. The first-order chi connectivity index (χ1) is 10.5. The highest BCUT2D eigenvalue weighted by Crippen LogP contribution is 1.83. The highest BCUT2D eigenvalue weighted by molar-refractivity contribution is 5.41. The molecule has 6 nitrogen and oxygen atoms in total. The zero-order valence-electron chi connectivity index (χ0n) is 15.3. The second kappa shape index (κ2) is 19.7. The number of rotatable bonds is 10. The Bertz CT molecular complexity index is 303. The van der Waals surface area contributed by atoms with Crippen LogP contribution in [-0.4, -0.2) is 89.3 Å². The van der Waals surface area contributed by atoms with Crippen LogP contribution < -0.4 is 0 Å². The van der Waals surface area contributed by atoms with E-state index in [2.05, 4.69) is 70.0 Å². The molecule has 0 N–H and O–H groups in total. The van der Waals surface area contributed by atoms with Gasteiger partial charge in [-0.2, -0.15) is 0 Å². The molecule has 0 atom stereocenters. The molecule has 22 heavy (non-hydrogen) atoms. The van der Waals surface area contributed by atoms with Crippen LogP contribution in [0.25, 0.3) is 0 Å². The molecule has 0 radical (unpaired) electrons. The van der Waals surface area contributed by atoms with E-state index in [9.17, 15) is 0 Å². The summed E-state index contributed by atoms with van der Waals surface area (Å²) >= 11 is 0. The molecule has 0 aromatic carbocycles. The molecule has 128 valence electrons. The second-order valence-corrected chi connectivity index (χ2v) is 5.23. The van der Waals surface area contributed by atoms with Crippen molar-refractivity contribution in [3.05, 3.63) is 0 Å². The molecule has 0 aliphatic carbocycles. The van der Waals surface area contributed by atoms with E-state index in [0.717, 1.165) is 52.1 Å². The molecule has 0 fully saturated rings. The van der Waals surface area contributed by atoms with Crippen molar-refractivity contribution in [2.24, 2.45) is 20.0 Å². The van der Waals surface area contributed by atoms with Gasteiger partial charge < -0.3 is 9.80 Å². The van der Waals surface area contributed by atoms with Gasteiger partial charge in [0.15, 0.2) is 0 Å². The first-order valence-electron chi connectivity index (χ1n) is 7.99. The summed E-state index contributed by atoms with van der Waals surface area (Å²) in [5, 5.41) is 0. The first-order valence-corrected chi connectivity index (χ1v) is 7.99. The quantitative estimate of drug-likeness (QED) is 0.459. The van der Waals surface area contributed by atoms with Crippen molar-refractivity contribution in [1.29, 1.82) is 0 Å². The molecule has 0 saturated heterocycles. The van der Waals surface area contributed by atoms with Gasteiger partial charge in [-0.3, -0.25) is 0 Å². The van der Waals surface area contributed by atoms with Gasteiger partial charge in [0.05, 0.1) is 25.1 Å². The van der Waals surface area contributed by atoms with Gasteiger partial charge in [-0.05, 0) is 68.0 Å². The van der Waals surface area contributed by atoms with Crippen LogP contribution in [0, 0.1) is 0 Å². The molecule has 0 aromatic rings. The van der Waals surface area contributed by atoms with Crippen LogP contribution in [0.3, 0.4) is 0 Å². The smallest absolute Gasteiger partial charge is 0.0892 e. The molecular weight excluding hydrogens is 276 g/mol. The molecule has 0 amide bonds. The lowest BCUT2D eigenvalue weighted by molar-refractivity contribution is 0.403. The van der Waals surface area contributed by atoms with Crippen molar-refractivity contribution in [2.75, 3.05) is 67.5 Å². The van der Waals surface area contributed by atoms with E-state index in [-0.39, 0.29) is 0 Å². The number of nitrogens with zero attached hydrogens (tertiary/aromatic N) is 6. The van der Waals surface area contributed by atoms with E-state index in [0.29, 0.717) is 0 Å². The Balaban J connectivity index is 0. The average Bonchev–Trinajstić information content (AvgIpc) is 2.46. The van der Waals surface area contributed by atoms with Gasteiger partial charge in [0.1, 0.15) is 0 Å². The van der Waals surface area contributed by atoms with Crippen LogP contribution >= 0.6 is 0 Å². The van der Waals surface area contributed by atoms with Crippen molar-refractivity contribution in [3.63, 3.8) is 0 Å². The van der Waals surface area contributed by atoms with Crippen molar-refractivity contribution < 1.29 is 0 Å². The summed E-state index contributed by atoms with van der Waals surface area (Å²) in [4.78, 5) is 20.0. The molecule has 0 aliphatic rings. The predicted octanol–water partition coefficient (Wildman–Crippen LogP) is 2.26. The van der Waals surface area contributed by atoms with E-state index < -0.39 is 0 Å². The Morgan fingerprint density at radius 1 is 0.636 bits per heavy atom. The average molecular weight is 310 g/mol.